The van der Waals surface area contributed by atoms with E-state index < -0.39 is 5.97 Å². The monoisotopic (exact) mass is 205 g/mol. The van der Waals surface area contributed by atoms with E-state index >= 15 is 0 Å². The lowest BCUT2D eigenvalue weighted by Crippen LogP contribution is -2.02. The molecule has 5 heteroatoms. The first kappa shape index (κ1) is 10.9. The van der Waals surface area contributed by atoms with Gasteiger partial charge in [0.05, 0.1) is 5.69 Å². The quantitative estimate of drug-likeness (QED) is 0.575. The van der Waals surface area contributed by atoms with Crippen LogP contribution in [0.4, 0.5) is 11.5 Å². The molecule has 0 atom stereocenters. The van der Waals surface area contributed by atoms with E-state index in [1.807, 2.05) is 0 Å². The molecule has 78 valence electrons. The molecule has 0 fully saturated rings. The fourth-order valence-electron chi connectivity index (χ4n) is 0.979. The van der Waals surface area contributed by atoms with Gasteiger partial charge in [-0.1, -0.05) is 11.8 Å². The summed E-state index contributed by atoms with van der Waals surface area (Å²) < 4.78 is 0. The minimum Gasteiger partial charge on any atom is -0.481 e. The maximum Gasteiger partial charge on any atom is 0.315 e. The van der Waals surface area contributed by atoms with Gasteiger partial charge in [0.15, 0.2) is 0 Å². The zero-order chi connectivity index (χ0) is 11.4. The average molecular weight is 205 g/mol. The number of nitrogens with zero attached hydrogens (tertiary/aromatic N) is 1. The summed E-state index contributed by atoms with van der Waals surface area (Å²) in [6.45, 7) is 1.76. The van der Waals surface area contributed by atoms with Crippen LogP contribution in [0.25, 0.3) is 0 Å². The third-order valence-electron chi connectivity index (χ3n) is 1.88. The summed E-state index contributed by atoms with van der Waals surface area (Å²) in [7, 11) is 0. The van der Waals surface area contributed by atoms with Crippen LogP contribution in [0.15, 0.2) is 6.20 Å². The van der Waals surface area contributed by atoms with E-state index in [2.05, 4.69) is 16.8 Å². The van der Waals surface area contributed by atoms with Gasteiger partial charge >= 0.3 is 5.97 Å². The Morgan fingerprint density at radius 3 is 2.87 bits per heavy atom. The maximum atomic E-state index is 10.2. The van der Waals surface area contributed by atoms with Crippen molar-refractivity contribution >= 4 is 17.5 Å². The van der Waals surface area contributed by atoms with Crippen molar-refractivity contribution in [2.75, 3.05) is 11.5 Å². The Kier molecular flexibility index (Phi) is 3.13. The second-order valence-electron chi connectivity index (χ2n) is 2.97. The summed E-state index contributed by atoms with van der Waals surface area (Å²) in [6, 6.07) is 0. The van der Waals surface area contributed by atoms with Gasteiger partial charge in [0.2, 0.25) is 0 Å². The van der Waals surface area contributed by atoms with Crippen molar-refractivity contribution in [1.82, 2.24) is 4.98 Å². The Balaban J connectivity index is 3.00. The van der Waals surface area contributed by atoms with E-state index in [0.29, 0.717) is 11.3 Å². The Morgan fingerprint density at radius 1 is 1.60 bits per heavy atom. The fourth-order valence-corrected chi connectivity index (χ4v) is 0.979. The van der Waals surface area contributed by atoms with Gasteiger partial charge in [0.1, 0.15) is 12.2 Å². The van der Waals surface area contributed by atoms with Crippen molar-refractivity contribution in [2.24, 2.45) is 0 Å². The highest BCUT2D eigenvalue weighted by Gasteiger charge is 2.03. The van der Waals surface area contributed by atoms with Crippen LogP contribution in [0.1, 0.15) is 17.5 Å². The second-order valence-corrected chi connectivity index (χ2v) is 2.97. The Hall–Kier alpha value is -2.22. The first-order valence-electron chi connectivity index (χ1n) is 4.23. The number of rotatable bonds is 1. The minimum atomic E-state index is -0.962. The molecule has 0 aliphatic rings. The van der Waals surface area contributed by atoms with E-state index in [1.165, 1.54) is 6.20 Å². The third kappa shape index (κ3) is 2.61. The van der Waals surface area contributed by atoms with Crippen LogP contribution in [-0.2, 0) is 4.79 Å². The van der Waals surface area contributed by atoms with Gasteiger partial charge in [-0.2, -0.15) is 0 Å². The highest BCUT2D eigenvalue weighted by Crippen LogP contribution is 2.19. The highest BCUT2D eigenvalue weighted by atomic mass is 16.4. The van der Waals surface area contributed by atoms with Crippen LogP contribution < -0.4 is 11.5 Å². The molecule has 0 radical (unpaired) electrons. The largest absolute Gasteiger partial charge is 0.481 e. The summed E-state index contributed by atoms with van der Waals surface area (Å²) in [5.41, 5.74) is 12.8. The maximum absolute atomic E-state index is 10.2. The smallest absolute Gasteiger partial charge is 0.315 e. The lowest BCUT2D eigenvalue weighted by molar-refractivity contribution is -0.135. The van der Waals surface area contributed by atoms with Gasteiger partial charge in [-0.25, -0.2) is 4.98 Å². The van der Waals surface area contributed by atoms with Crippen molar-refractivity contribution in [3.63, 3.8) is 0 Å². The molecule has 0 aliphatic heterocycles. The number of carboxylic acids is 1. The number of aliphatic carboxylic acids is 1. The number of pyridine rings is 1. The van der Waals surface area contributed by atoms with E-state index in [-0.39, 0.29) is 12.2 Å². The molecule has 0 aliphatic carbocycles. The van der Waals surface area contributed by atoms with Crippen LogP contribution in [0.5, 0.6) is 0 Å². The first-order valence-corrected chi connectivity index (χ1v) is 4.23. The third-order valence-corrected chi connectivity index (χ3v) is 1.88. The molecule has 1 aromatic rings. The van der Waals surface area contributed by atoms with Crippen LogP contribution >= 0.6 is 0 Å². The van der Waals surface area contributed by atoms with Gasteiger partial charge in [-0.15, -0.1) is 0 Å². The van der Waals surface area contributed by atoms with Gasteiger partial charge in [-0.3, -0.25) is 4.79 Å². The van der Waals surface area contributed by atoms with Gasteiger partial charge < -0.3 is 16.6 Å². The molecule has 0 amide bonds. The van der Waals surface area contributed by atoms with Gasteiger partial charge in [0.25, 0.3) is 0 Å². The molecule has 1 heterocycles. The van der Waals surface area contributed by atoms with Crippen LogP contribution in [0.3, 0.4) is 0 Å². The summed E-state index contributed by atoms with van der Waals surface area (Å²) in [4.78, 5) is 14.1. The molecule has 0 saturated carbocycles. The van der Waals surface area contributed by atoms with E-state index in [9.17, 15) is 4.79 Å². The molecule has 1 aromatic heterocycles. The standard InChI is InChI=1S/C10H11N3O2/c1-6-7(3-2-4-8(14)15)5-13-10(12)9(6)11/h5H,4,11H2,1H3,(H2,12,13)(H,14,15). The molecule has 5 nitrogen and oxygen atoms in total. The molecule has 5 N–H and O–H groups in total. The summed E-state index contributed by atoms with van der Waals surface area (Å²) in [5, 5.41) is 8.40. The molecule has 1 rings (SSSR count). The van der Waals surface area contributed by atoms with Crippen molar-refractivity contribution in [3.05, 3.63) is 17.3 Å². The number of carbonyl (C=O) groups is 1. The lowest BCUT2D eigenvalue weighted by atomic mass is 10.1. The molecule has 0 saturated heterocycles. The van der Waals surface area contributed by atoms with Gasteiger partial charge in [-0.05, 0) is 12.5 Å². The number of anilines is 2. The van der Waals surface area contributed by atoms with E-state index in [4.69, 9.17) is 16.6 Å². The zero-order valence-electron chi connectivity index (χ0n) is 8.24. The number of aromatic nitrogens is 1. The van der Waals surface area contributed by atoms with Crippen molar-refractivity contribution in [2.45, 2.75) is 13.3 Å². The van der Waals surface area contributed by atoms with Crippen molar-refractivity contribution < 1.29 is 9.90 Å². The van der Waals surface area contributed by atoms with E-state index in [0.717, 1.165) is 5.56 Å². The highest BCUT2D eigenvalue weighted by molar-refractivity contribution is 5.71. The molecular weight excluding hydrogens is 194 g/mol. The zero-order valence-corrected chi connectivity index (χ0v) is 8.24. The van der Waals surface area contributed by atoms with E-state index in [1.54, 1.807) is 6.92 Å². The summed E-state index contributed by atoms with van der Waals surface area (Å²) in [6.07, 6.45) is 1.28. The number of nitrogen functional groups attached to an aromatic ring is 2. The minimum absolute atomic E-state index is 0.205. The number of hydrogen-bond acceptors (Lipinski definition) is 4. The van der Waals surface area contributed by atoms with Crippen LogP contribution in [0, 0.1) is 18.8 Å². The van der Waals surface area contributed by atoms with Crippen LogP contribution in [-0.4, -0.2) is 16.1 Å². The first-order chi connectivity index (χ1) is 7.02. The Bertz CT molecular complexity index is 458. The Labute approximate surface area is 87.1 Å². The van der Waals surface area contributed by atoms with Gasteiger partial charge in [0, 0.05) is 11.8 Å². The van der Waals surface area contributed by atoms with Crippen molar-refractivity contribution in [1.29, 1.82) is 0 Å². The van der Waals surface area contributed by atoms with Crippen LogP contribution in [0.2, 0.25) is 0 Å². The number of hydrogen-bond donors (Lipinski definition) is 3. The molecule has 15 heavy (non-hydrogen) atoms. The SMILES string of the molecule is Cc1c(C#CCC(=O)O)cnc(N)c1N. The Morgan fingerprint density at radius 2 is 2.27 bits per heavy atom. The molecule has 0 aromatic carbocycles. The fraction of sp³-hybridized carbons (Fsp3) is 0.200. The lowest BCUT2D eigenvalue weighted by Gasteiger charge is -2.04. The second kappa shape index (κ2) is 4.33. The topological polar surface area (TPSA) is 102 Å². The summed E-state index contributed by atoms with van der Waals surface area (Å²) in [5.74, 6) is 4.49. The number of nitrogens with two attached hydrogens (primary N) is 2. The molecular formula is C10H11N3O2. The number of carboxylic acid groups (broad SMARTS) is 1. The molecule has 0 spiro atoms. The predicted molar refractivity (Wildman–Crippen MR) is 56.9 cm³/mol. The molecule has 0 unspecified atom stereocenters. The predicted octanol–water partition coefficient (Wildman–Crippen LogP) is 0.381. The average Bonchev–Trinajstić information content (AvgIpc) is 2.18. The van der Waals surface area contributed by atoms with Crippen molar-refractivity contribution in [3.8, 4) is 11.8 Å². The molecule has 0 bridgehead atoms. The normalized spacial score (nSPS) is 9.13. The summed E-state index contributed by atoms with van der Waals surface area (Å²) >= 11 is 0.